The molecular formula is C22H18BrN3O2S. The highest BCUT2D eigenvalue weighted by Gasteiger charge is 2.28. The van der Waals surface area contributed by atoms with Crippen LogP contribution >= 0.6 is 27.7 Å². The van der Waals surface area contributed by atoms with Gasteiger partial charge in [0.1, 0.15) is 5.03 Å². The summed E-state index contributed by atoms with van der Waals surface area (Å²) in [4.78, 5) is 32.7. The van der Waals surface area contributed by atoms with Crippen molar-refractivity contribution in [2.24, 2.45) is 0 Å². The molecule has 0 unspecified atom stereocenters. The van der Waals surface area contributed by atoms with Gasteiger partial charge < -0.3 is 10.2 Å². The molecule has 0 fully saturated rings. The maximum Gasteiger partial charge on any atom is 0.261 e. The quantitative estimate of drug-likeness (QED) is 0.565. The first-order chi connectivity index (χ1) is 14.0. The number of benzene rings is 2. The molecule has 0 radical (unpaired) electrons. The Balaban J connectivity index is 1.54. The number of aryl methyl sites for hydroxylation is 1. The van der Waals surface area contributed by atoms with Crippen molar-refractivity contribution < 1.29 is 9.59 Å². The van der Waals surface area contributed by atoms with Crippen molar-refractivity contribution in [3.8, 4) is 0 Å². The van der Waals surface area contributed by atoms with Crippen LogP contribution in [0.25, 0.3) is 0 Å². The molecule has 2 heterocycles. The van der Waals surface area contributed by atoms with Crippen LogP contribution in [-0.2, 0) is 4.79 Å². The van der Waals surface area contributed by atoms with Crippen LogP contribution in [0.4, 0.5) is 11.4 Å². The van der Waals surface area contributed by atoms with Crippen LogP contribution in [0.3, 0.4) is 0 Å². The molecule has 1 aliphatic rings. The van der Waals surface area contributed by atoms with Gasteiger partial charge in [-0.25, -0.2) is 4.98 Å². The standard InChI is InChI=1S/C22H18BrN3O2S/c1-14-13-15(8-9-17(14)23)25-20(27)10-12-26-18-6-2-3-7-19(18)29-21-16(22(26)28)5-4-11-24-21/h2-9,11,13H,10,12H2,1H3,(H,25,27). The van der Waals surface area contributed by atoms with Crippen molar-refractivity contribution in [2.75, 3.05) is 16.8 Å². The average molecular weight is 468 g/mol. The van der Waals surface area contributed by atoms with Crippen molar-refractivity contribution in [3.63, 3.8) is 0 Å². The second kappa shape index (κ2) is 8.39. The number of halogens is 1. The van der Waals surface area contributed by atoms with Gasteiger partial charge in [-0.15, -0.1) is 0 Å². The normalized spacial score (nSPS) is 12.8. The summed E-state index contributed by atoms with van der Waals surface area (Å²) in [5, 5.41) is 3.59. The molecule has 0 saturated carbocycles. The van der Waals surface area contributed by atoms with Crippen LogP contribution < -0.4 is 10.2 Å². The van der Waals surface area contributed by atoms with Gasteiger partial charge in [0.2, 0.25) is 5.91 Å². The lowest BCUT2D eigenvalue weighted by Crippen LogP contribution is -2.34. The Morgan fingerprint density at radius 3 is 2.83 bits per heavy atom. The third-order valence-corrected chi connectivity index (χ3v) is 6.59. The smallest absolute Gasteiger partial charge is 0.261 e. The second-order valence-corrected chi connectivity index (χ2v) is 8.53. The zero-order valence-corrected chi connectivity index (χ0v) is 18.1. The minimum absolute atomic E-state index is 0.139. The van der Waals surface area contributed by atoms with Crippen molar-refractivity contribution >= 4 is 50.9 Å². The lowest BCUT2D eigenvalue weighted by atomic mass is 10.2. The maximum absolute atomic E-state index is 13.2. The molecule has 29 heavy (non-hydrogen) atoms. The van der Waals surface area contributed by atoms with Crippen LogP contribution in [0.5, 0.6) is 0 Å². The Morgan fingerprint density at radius 2 is 2.00 bits per heavy atom. The van der Waals surface area contributed by atoms with E-state index in [0.29, 0.717) is 10.6 Å². The van der Waals surface area contributed by atoms with Crippen LogP contribution in [0, 0.1) is 6.92 Å². The molecule has 1 N–H and O–H groups in total. The maximum atomic E-state index is 13.2. The van der Waals surface area contributed by atoms with Crippen LogP contribution in [-0.4, -0.2) is 23.3 Å². The number of aromatic nitrogens is 1. The summed E-state index contributed by atoms with van der Waals surface area (Å²) >= 11 is 4.93. The molecule has 1 aromatic heterocycles. The van der Waals surface area contributed by atoms with Gasteiger partial charge >= 0.3 is 0 Å². The SMILES string of the molecule is Cc1cc(NC(=O)CCN2C(=O)c3cccnc3Sc3ccccc32)ccc1Br. The van der Waals surface area contributed by atoms with Crippen molar-refractivity contribution in [1.29, 1.82) is 0 Å². The highest BCUT2D eigenvalue weighted by molar-refractivity contribution is 9.10. The van der Waals surface area contributed by atoms with E-state index >= 15 is 0 Å². The van der Waals surface area contributed by atoms with Gasteiger partial charge in [0, 0.05) is 34.2 Å². The molecule has 2 amide bonds. The van der Waals surface area contributed by atoms with Gasteiger partial charge in [-0.05, 0) is 55.0 Å². The van der Waals surface area contributed by atoms with Crippen molar-refractivity contribution in [2.45, 2.75) is 23.3 Å². The van der Waals surface area contributed by atoms with Gasteiger partial charge in [-0.3, -0.25) is 9.59 Å². The minimum Gasteiger partial charge on any atom is -0.326 e. The highest BCUT2D eigenvalue weighted by Crippen LogP contribution is 2.40. The minimum atomic E-state index is -0.141. The Labute approximate surface area is 181 Å². The number of amides is 2. The van der Waals surface area contributed by atoms with E-state index in [1.165, 1.54) is 11.8 Å². The summed E-state index contributed by atoms with van der Waals surface area (Å²) < 4.78 is 0.993. The molecule has 5 nitrogen and oxygen atoms in total. The van der Waals surface area contributed by atoms with E-state index in [0.717, 1.165) is 26.3 Å². The molecule has 0 aliphatic carbocycles. The number of carbonyl (C=O) groups is 2. The number of nitrogens with one attached hydrogen (secondary N) is 1. The lowest BCUT2D eigenvalue weighted by molar-refractivity contribution is -0.116. The van der Waals surface area contributed by atoms with E-state index in [1.807, 2.05) is 49.4 Å². The molecule has 3 aromatic rings. The Morgan fingerprint density at radius 1 is 1.17 bits per heavy atom. The average Bonchev–Trinajstić information content (AvgIpc) is 2.83. The summed E-state index contributed by atoms with van der Waals surface area (Å²) in [5.74, 6) is -0.279. The van der Waals surface area contributed by atoms with E-state index in [2.05, 4.69) is 26.2 Å². The van der Waals surface area contributed by atoms with E-state index in [-0.39, 0.29) is 24.8 Å². The number of hydrogen-bond acceptors (Lipinski definition) is 4. The number of carbonyl (C=O) groups excluding carboxylic acids is 2. The number of rotatable bonds is 4. The molecule has 0 spiro atoms. The molecule has 2 aromatic carbocycles. The Hall–Kier alpha value is -2.64. The molecular weight excluding hydrogens is 450 g/mol. The second-order valence-electron chi connectivity index (χ2n) is 6.64. The Kier molecular flexibility index (Phi) is 5.69. The number of hydrogen-bond donors (Lipinski definition) is 1. The van der Waals surface area contributed by atoms with E-state index in [1.54, 1.807) is 23.2 Å². The molecule has 146 valence electrons. The largest absolute Gasteiger partial charge is 0.326 e. The number of para-hydroxylation sites is 1. The summed E-state index contributed by atoms with van der Waals surface area (Å²) in [6.07, 6.45) is 1.88. The fourth-order valence-corrected chi connectivity index (χ4v) is 4.40. The monoisotopic (exact) mass is 467 g/mol. The van der Waals surface area contributed by atoms with Gasteiger partial charge in [0.05, 0.1) is 11.3 Å². The number of nitrogens with zero attached hydrogens (tertiary/aromatic N) is 2. The summed E-state index contributed by atoms with van der Waals surface area (Å²) in [5.41, 5.74) is 3.13. The first-order valence-electron chi connectivity index (χ1n) is 9.13. The fourth-order valence-electron chi connectivity index (χ4n) is 3.14. The molecule has 1 aliphatic heterocycles. The van der Waals surface area contributed by atoms with Gasteiger partial charge in [-0.1, -0.05) is 39.8 Å². The third kappa shape index (κ3) is 4.21. The lowest BCUT2D eigenvalue weighted by Gasteiger charge is -2.22. The molecule has 0 saturated heterocycles. The van der Waals surface area contributed by atoms with Gasteiger partial charge in [0.25, 0.3) is 5.91 Å². The first-order valence-corrected chi connectivity index (χ1v) is 10.7. The van der Waals surface area contributed by atoms with E-state index in [4.69, 9.17) is 0 Å². The van der Waals surface area contributed by atoms with Crippen molar-refractivity contribution in [3.05, 3.63) is 76.4 Å². The van der Waals surface area contributed by atoms with E-state index in [9.17, 15) is 9.59 Å². The number of fused-ring (bicyclic) bond motifs is 2. The van der Waals surface area contributed by atoms with Gasteiger partial charge in [-0.2, -0.15) is 0 Å². The fraction of sp³-hybridized carbons (Fsp3) is 0.136. The van der Waals surface area contributed by atoms with Crippen LogP contribution in [0.2, 0.25) is 0 Å². The first kappa shape index (κ1) is 19.7. The summed E-state index contributed by atoms with van der Waals surface area (Å²) in [6, 6.07) is 16.9. The molecule has 0 atom stereocenters. The summed E-state index contributed by atoms with van der Waals surface area (Å²) in [6.45, 7) is 2.25. The topological polar surface area (TPSA) is 62.3 Å². The zero-order valence-electron chi connectivity index (χ0n) is 15.7. The predicted molar refractivity (Wildman–Crippen MR) is 119 cm³/mol. The van der Waals surface area contributed by atoms with Crippen LogP contribution in [0.1, 0.15) is 22.3 Å². The number of anilines is 2. The molecule has 4 rings (SSSR count). The predicted octanol–water partition coefficient (Wildman–Crippen LogP) is 5.29. The van der Waals surface area contributed by atoms with Crippen molar-refractivity contribution in [1.82, 2.24) is 4.98 Å². The number of pyridine rings is 1. The Bertz CT molecular complexity index is 1100. The van der Waals surface area contributed by atoms with E-state index < -0.39 is 0 Å². The molecule has 0 bridgehead atoms. The zero-order chi connectivity index (χ0) is 20.4. The summed E-state index contributed by atoms with van der Waals surface area (Å²) in [7, 11) is 0. The third-order valence-electron chi connectivity index (χ3n) is 4.61. The van der Waals surface area contributed by atoms with Gasteiger partial charge in [0.15, 0.2) is 0 Å². The molecule has 7 heteroatoms. The van der Waals surface area contributed by atoms with Crippen LogP contribution in [0.15, 0.2) is 75.2 Å². The highest BCUT2D eigenvalue weighted by atomic mass is 79.9.